The van der Waals surface area contributed by atoms with E-state index in [1.165, 1.54) is 19.1 Å². The molecule has 28 heavy (non-hydrogen) atoms. The van der Waals surface area contributed by atoms with E-state index in [0.29, 0.717) is 28.3 Å². The number of nitrogens with zero attached hydrogens (tertiary/aromatic N) is 1. The number of rotatable bonds is 10. The Morgan fingerprint density at radius 3 is 2.64 bits per heavy atom. The summed E-state index contributed by atoms with van der Waals surface area (Å²) in [6, 6.07) is 13.6. The largest absolute Gasteiger partial charge is 0.423 e. The molecule has 0 spiro atoms. The molecule has 0 saturated carbocycles. The first-order valence-corrected chi connectivity index (χ1v) is 9.86. The molecule has 2 rings (SSSR count). The lowest BCUT2D eigenvalue weighted by Crippen LogP contribution is -2.16. The quantitative estimate of drug-likeness (QED) is 0.192. The van der Waals surface area contributed by atoms with Crippen molar-refractivity contribution in [2.45, 2.75) is 45.4 Å². The normalized spacial score (nSPS) is 10.8. The molecule has 0 atom stereocenters. The number of nitrogens with one attached hydrogen (secondary N) is 1. The van der Waals surface area contributed by atoms with Crippen molar-refractivity contribution in [1.29, 1.82) is 0 Å². The van der Waals surface area contributed by atoms with Crippen molar-refractivity contribution < 1.29 is 14.3 Å². The van der Waals surface area contributed by atoms with E-state index in [1.54, 1.807) is 48.5 Å². The molecule has 0 bridgehead atoms. The summed E-state index contributed by atoms with van der Waals surface area (Å²) in [5.74, 6) is -0.263. The van der Waals surface area contributed by atoms with Gasteiger partial charge in [-0.3, -0.25) is 4.79 Å². The van der Waals surface area contributed by atoms with Crippen molar-refractivity contribution in [2.75, 3.05) is 0 Å². The van der Waals surface area contributed by atoms with Crippen molar-refractivity contribution in [3.05, 3.63) is 64.7 Å². The van der Waals surface area contributed by atoms with Crippen molar-refractivity contribution >= 4 is 29.7 Å². The van der Waals surface area contributed by atoms with Crippen LogP contribution in [0, 0.1) is 0 Å². The average molecular weight is 401 g/mol. The lowest BCUT2D eigenvalue weighted by molar-refractivity contribution is -0.121. The van der Waals surface area contributed by atoms with Crippen molar-refractivity contribution in [2.24, 2.45) is 5.10 Å². The molecule has 6 heteroatoms. The summed E-state index contributed by atoms with van der Waals surface area (Å²) in [6.45, 7) is 2.16. The molecule has 1 N–H and O–H groups in total. The topological polar surface area (TPSA) is 67.8 Å². The van der Waals surface area contributed by atoms with Crippen molar-refractivity contribution in [1.82, 2.24) is 5.43 Å². The monoisotopic (exact) mass is 400 g/mol. The second kappa shape index (κ2) is 11.9. The van der Waals surface area contributed by atoms with E-state index in [2.05, 4.69) is 17.5 Å². The van der Waals surface area contributed by atoms with Gasteiger partial charge in [0.1, 0.15) is 5.75 Å². The van der Waals surface area contributed by atoms with Crippen LogP contribution in [0.25, 0.3) is 0 Å². The van der Waals surface area contributed by atoms with Crippen LogP contribution in [0.2, 0.25) is 5.02 Å². The summed E-state index contributed by atoms with van der Waals surface area (Å²) in [5.41, 5.74) is 3.52. The van der Waals surface area contributed by atoms with Gasteiger partial charge in [0.15, 0.2) is 0 Å². The highest BCUT2D eigenvalue weighted by atomic mass is 35.5. The lowest BCUT2D eigenvalue weighted by Gasteiger charge is -2.06. The van der Waals surface area contributed by atoms with Crippen LogP contribution in [0.3, 0.4) is 0 Å². The molecule has 0 aromatic heterocycles. The summed E-state index contributed by atoms with van der Waals surface area (Å²) in [5, 5.41) is 4.30. The minimum absolute atomic E-state index is 0.103. The summed E-state index contributed by atoms with van der Waals surface area (Å²) in [4.78, 5) is 24.0. The zero-order chi connectivity index (χ0) is 20.2. The van der Waals surface area contributed by atoms with Gasteiger partial charge >= 0.3 is 5.97 Å². The minimum Gasteiger partial charge on any atom is -0.423 e. The van der Waals surface area contributed by atoms with Crippen LogP contribution in [-0.4, -0.2) is 18.1 Å². The number of carbonyl (C=O) groups is 2. The Balaban J connectivity index is 1.84. The summed E-state index contributed by atoms with van der Waals surface area (Å²) in [6.07, 6.45) is 7.46. The summed E-state index contributed by atoms with van der Waals surface area (Å²) >= 11 is 6.01. The van der Waals surface area contributed by atoms with Crippen LogP contribution in [0.15, 0.2) is 53.6 Å². The standard InChI is InChI=1S/C22H25ClN2O3/c1-2-3-4-5-6-14-21(26)25-24-16-17-10-9-11-18(15-17)28-22(27)19-12-7-8-13-20(19)23/h7-13,15-16H,2-6,14H2,1H3,(H,25,26). The third kappa shape index (κ3) is 7.53. The maximum atomic E-state index is 12.2. The molecule has 2 aromatic rings. The molecule has 5 nitrogen and oxygen atoms in total. The number of halogens is 1. The third-order valence-corrected chi connectivity index (χ3v) is 4.40. The number of carbonyl (C=O) groups excluding carboxylic acids is 2. The smallest absolute Gasteiger partial charge is 0.345 e. The van der Waals surface area contributed by atoms with E-state index in [-0.39, 0.29) is 5.91 Å². The number of hydrogen-bond acceptors (Lipinski definition) is 4. The first-order chi connectivity index (χ1) is 13.6. The fraction of sp³-hybridized carbons (Fsp3) is 0.318. The molecule has 0 unspecified atom stereocenters. The second-order valence-electron chi connectivity index (χ2n) is 6.40. The molecule has 0 fully saturated rings. The number of ether oxygens (including phenoxy) is 1. The maximum Gasteiger partial charge on any atom is 0.345 e. The molecule has 0 heterocycles. The van der Waals surface area contributed by atoms with Crippen LogP contribution in [0.1, 0.15) is 61.4 Å². The van der Waals surface area contributed by atoms with E-state index in [1.807, 2.05) is 0 Å². The Morgan fingerprint density at radius 1 is 1.07 bits per heavy atom. The highest BCUT2D eigenvalue weighted by Crippen LogP contribution is 2.19. The first-order valence-electron chi connectivity index (χ1n) is 9.49. The van der Waals surface area contributed by atoms with Gasteiger partial charge in [0.2, 0.25) is 5.91 Å². The van der Waals surface area contributed by atoms with E-state index in [0.717, 1.165) is 19.3 Å². The maximum absolute atomic E-state index is 12.2. The summed E-state index contributed by atoms with van der Waals surface area (Å²) < 4.78 is 5.36. The van der Waals surface area contributed by atoms with Gasteiger partial charge in [0, 0.05) is 6.42 Å². The molecule has 0 saturated heterocycles. The first kappa shape index (κ1) is 21.6. The molecular formula is C22H25ClN2O3. The van der Waals surface area contributed by atoms with Gasteiger partial charge in [-0.15, -0.1) is 0 Å². The Morgan fingerprint density at radius 2 is 1.86 bits per heavy atom. The Bertz CT molecular complexity index is 821. The van der Waals surface area contributed by atoms with Gasteiger partial charge in [-0.1, -0.05) is 68.5 Å². The lowest BCUT2D eigenvalue weighted by atomic mass is 10.1. The van der Waals surface area contributed by atoms with Crippen LogP contribution in [0.5, 0.6) is 5.75 Å². The zero-order valence-corrected chi connectivity index (χ0v) is 16.7. The van der Waals surface area contributed by atoms with Gasteiger partial charge in [-0.2, -0.15) is 5.10 Å². The average Bonchev–Trinajstić information content (AvgIpc) is 2.68. The molecule has 1 amide bonds. The molecule has 2 aromatic carbocycles. The highest BCUT2D eigenvalue weighted by molar-refractivity contribution is 6.33. The van der Waals surface area contributed by atoms with Crippen molar-refractivity contribution in [3.8, 4) is 5.75 Å². The summed E-state index contributed by atoms with van der Waals surface area (Å²) in [7, 11) is 0. The zero-order valence-electron chi connectivity index (χ0n) is 16.0. The second-order valence-corrected chi connectivity index (χ2v) is 6.81. The van der Waals surface area contributed by atoms with Crippen LogP contribution in [0.4, 0.5) is 0 Å². The van der Waals surface area contributed by atoms with Gasteiger partial charge < -0.3 is 4.74 Å². The minimum atomic E-state index is -0.531. The van der Waals surface area contributed by atoms with Gasteiger partial charge in [-0.05, 0) is 36.2 Å². The SMILES string of the molecule is CCCCCCCC(=O)NN=Cc1cccc(OC(=O)c2ccccc2Cl)c1. The third-order valence-electron chi connectivity index (χ3n) is 4.07. The number of unbranched alkanes of at least 4 members (excludes halogenated alkanes) is 4. The van der Waals surface area contributed by atoms with Crippen LogP contribution in [-0.2, 0) is 4.79 Å². The predicted octanol–water partition coefficient (Wildman–Crippen LogP) is 5.37. The Labute approximate surface area is 170 Å². The van der Waals surface area contributed by atoms with E-state index in [4.69, 9.17) is 16.3 Å². The van der Waals surface area contributed by atoms with Gasteiger partial charge in [0.25, 0.3) is 0 Å². The molecule has 0 aliphatic rings. The Hall–Kier alpha value is -2.66. The number of hydrogen-bond donors (Lipinski definition) is 1. The van der Waals surface area contributed by atoms with E-state index >= 15 is 0 Å². The number of amides is 1. The van der Waals surface area contributed by atoms with Crippen LogP contribution >= 0.6 is 11.6 Å². The number of benzene rings is 2. The molecule has 148 valence electrons. The molecular weight excluding hydrogens is 376 g/mol. The molecule has 0 aliphatic carbocycles. The molecule has 0 aliphatic heterocycles. The van der Waals surface area contributed by atoms with E-state index in [9.17, 15) is 9.59 Å². The fourth-order valence-corrected chi connectivity index (χ4v) is 2.78. The fourth-order valence-electron chi connectivity index (χ4n) is 2.57. The van der Waals surface area contributed by atoms with Crippen LogP contribution < -0.4 is 10.2 Å². The Kier molecular flexibility index (Phi) is 9.22. The highest BCUT2D eigenvalue weighted by Gasteiger charge is 2.12. The van der Waals surface area contributed by atoms with E-state index < -0.39 is 5.97 Å². The van der Waals surface area contributed by atoms with Gasteiger partial charge in [-0.25, -0.2) is 10.2 Å². The number of esters is 1. The van der Waals surface area contributed by atoms with Crippen molar-refractivity contribution in [3.63, 3.8) is 0 Å². The van der Waals surface area contributed by atoms with Gasteiger partial charge in [0.05, 0.1) is 16.8 Å². The molecule has 0 radical (unpaired) electrons. The predicted molar refractivity (Wildman–Crippen MR) is 112 cm³/mol. The number of hydrazone groups is 1.